The molecule has 0 bridgehead atoms. The van der Waals surface area contributed by atoms with Crippen molar-refractivity contribution in [3.05, 3.63) is 23.8 Å². The molecule has 0 spiro atoms. The normalized spacial score (nSPS) is 10.8. The van der Waals surface area contributed by atoms with E-state index in [1.54, 1.807) is 6.21 Å². The summed E-state index contributed by atoms with van der Waals surface area (Å²) in [5.41, 5.74) is 8.60. The van der Waals surface area contributed by atoms with Gasteiger partial charge in [0.2, 0.25) is 0 Å². The third kappa shape index (κ3) is 1.84. The lowest BCUT2D eigenvalue weighted by molar-refractivity contribution is 1.14. The van der Waals surface area contributed by atoms with Gasteiger partial charge in [-0.25, -0.2) is 0 Å². The van der Waals surface area contributed by atoms with Crippen LogP contribution in [0.3, 0.4) is 0 Å². The first-order valence-corrected chi connectivity index (χ1v) is 4.15. The van der Waals surface area contributed by atoms with Gasteiger partial charge in [0, 0.05) is 6.21 Å². The van der Waals surface area contributed by atoms with Crippen molar-refractivity contribution in [2.75, 3.05) is 5.73 Å². The predicted molar refractivity (Wildman–Crippen MR) is 54.1 cm³/mol. The highest BCUT2D eigenvalue weighted by Crippen LogP contribution is 2.22. The van der Waals surface area contributed by atoms with Gasteiger partial charge in [-0.05, 0) is 31.0 Å². The Bertz CT molecular complexity index is 290. The van der Waals surface area contributed by atoms with E-state index in [0.717, 1.165) is 17.8 Å². The summed E-state index contributed by atoms with van der Waals surface area (Å²) >= 11 is 0. The minimum Gasteiger partial charge on any atom is -0.397 e. The molecule has 1 aromatic carbocycles. The summed E-state index contributed by atoms with van der Waals surface area (Å²) < 4.78 is 0. The summed E-state index contributed by atoms with van der Waals surface area (Å²) in [7, 11) is 0. The van der Waals surface area contributed by atoms with Crippen LogP contribution >= 0.6 is 0 Å². The van der Waals surface area contributed by atoms with Crippen molar-refractivity contribution in [1.29, 1.82) is 0 Å². The lowest BCUT2D eigenvalue weighted by atomic mass is 10.1. The van der Waals surface area contributed by atoms with Crippen LogP contribution in [0.25, 0.3) is 0 Å². The van der Waals surface area contributed by atoms with Crippen LogP contribution in [0.15, 0.2) is 23.2 Å². The van der Waals surface area contributed by atoms with Gasteiger partial charge < -0.3 is 5.73 Å². The highest BCUT2D eigenvalue weighted by atomic mass is 14.8. The number of nitrogen functional groups attached to an aromatic ring is 1. The van der Waals surface area contributed by atoms with Gasteiger partial charge in [0.05, 0.1) is 11.4 Å². The summed E-state index contributed by atoms with van der Waals surface area (Å²) in [4.78, 5) is 4.16. The Morgan fingerprint density at radius 1 is 1.50 bits per heavy atom. The average Bonchev–Trinajstić information content (AvgIpc) is 2.09. The summed E-state index contributed by atoms with van der Waals surface area (Å²) in [5, 5.41) is 0. The van der Waals surface area contributed by atoms with Crippen LogP contribution in [0.2, 0.25) is 0 Å². The monoisotopic (exact) mass is 162 g/mol. The second kappa shape index (κ2) is 3.90. The minimum absolute atomic E-state index is 0.741. The van der Waals surface area contributed by atoms with Crippen LogP contribution in [0.5, 0.6) is 0 Å². The molecule has 0 aliphatic rings. The fourth-order valence-corrected chi connectivity index (χ4v) is 1.06. The number of aliphatic imine (C=N–C) groups is 1. The maximum Gasteiger partial charge on any atom is 0.0857 e. The summed E-state index contributed by atoms with van der Waals surface area (Å²) in [5.74, 6) is 0. The van der Waals surface area contributed by atoms with Gasteiger partial charge in [0.25, 0.3) is 0 Å². The van der Waals surface area contributed by atoms with Gasteiger partial charge in [-0.15, -0.1) is 0 Å². The quantitative estimate of drug-likeness (QED) is 0.526. The van der Waals surface area contributed by atoms with E-state index in [1.807, 2.05) is 25.1 Å². The number of aryl methyl sites for hydroxylation is 1. The number of hydrogen-bond donors (Lipinski definition) is 1. The molecule has 0 aliphatic heterocycles. The molecule has 1 rings (SSSR count). The molecule has 0 amide bonds. The van der Waals surface area contributed by atoms with Crippen LogP contribution in [0.1, 0.15) is 19.4 Å². The molecule has 2 heteroatoms. The van der Waals surface area contributed by atoms with E-state index in [9.17, 15) is 0 Å². The molecular formula is C10H14N2. The van der Waals surface area contributed by atoms with E-state index in [0.29, 0.717) is 0 Å². The Labute approximate surface area is 73.1 Å². The zero-order valence-electron chi connectivity index (χ0n) is 7.54. The number of hydrogen-bond acceptors (Lipinski definition) is 2. The number of benzene rings is 1. The molecule has 0 atom stereocenters. The van der Waals surface area contributed by atoms with Gasteiger partial charge in [0.1, 0.15) is 0 Å². The molecule has 0 saturated heterocycles. The molecular weight excluding hydrogens is 148 g/mol. The van der Waals surface area contributed by atoms with E-state index < -0.39 is 0 Å². The summed E-state index contributed by atoms with van der Waals surface area (Å²) in [6, 6.07) is 5.96. The smallest absolute Gasteiger partial charge is 0.0857 e. The van der Waals surface area contributed by atoms with Gasteiger partial charge >= 0.3 is 0 Å². The lowest BCUT2D eigenvalue weighted by Crippen LogP contribution is -1.87. The first-order valence-electron chi connectivity index (χ1n) is 4.15. The Morgan fingerprint density at radius 2 is 2.25 bits per heavy atom. The Morgan fingerprint density at radius 3 is 2.83 bits per heavy atom. The van der Waals surface area contributed by atoms with Crippen molar-refractivity contribution < 1.29 is 0 Å². The van der Waals surface area contributed by atoms with E-state index in [-0.39, 0.29) is 0 Å². The van der Waals surface area contributed by atoms with Crippen molar-refractivity contribution >= 4 is 17.6 Å². The summed E-state index contributed by atoms with van der Waals surface area (Å²) in [6.45, 7) is 4.00. The highest BCUT2D eigenvalue weighted by molar-refractivity contribution is 5.70. The molecule has 0 heterocycles. The van der Waals surface area contributed by atoms with Gasteiger partial charge in [-0.3, -0.25) is 4.99 Å². The Hall–Kier alpha value is -1.31. The molecule has 0 aromatic heterocycles. The Balaban J connectivity index is 3.08. The number of nitrogens with zero attached hydrogens (tertiary/aromatic N) is 1. The van der Waals surface area contributed by atoms with Crippen LogP contribution in [0, 0.1) is 0 Å². The standard InChI is InChI=1S/C10H14N2/c1-3-8-5-6-9(11)10(7-8)12-4-2/h4-7H,3,11H2,1-2H3. The second-order valence-corrected chi connectivity index (χ2v) is 2.63. The van der Waals surface area contributed by atoms with Gasteiger partial charge in [-0.1, -0.05) is 13.0 Å². The molecule has 2 nitrogen and oxygen atoms in total. The van der Waals surface area contributed by atoms with E-state index in [4.69, 9.17) is 5.73 Å². The zero-order chi connectivity index (χ0) is 8.97. The van der Waals surface area contributed by atoms with Crippen molar-refractivity contribution in [3.63, 3.8) is 0 Å². The van der Waals surface area contributed by atoms with Crippen molar-refractivity contribution in [3.8, 4) is 0 Å². The number of nitrogens with two attached hydrogens (primary N) is 1. The topological polar surface area (TPSA) is 38.4 Å². The van der Waals surface area contributed by atoms with Gasteiger partial charge in [-0.2, -0.15) is 0 Å². The van der Waals surface area contributed by atoms with Crippen molar-refractivity contribution in [1.82, 2.24) is 0 Å². The average molecular weight is 162 g/mol. The molecule has 0 fully saturated rings. The summed E-state index contributed by atoms with van der Waals surface area (Å²) in [6.07, 6.45) is 2.78. The second-order valence-electron chi connectivity index (χ2n) is 2.63. The van der Waals surface area contributed by atoms with E-state index in [2.05, 4.69) is 11.9 Å². The molecule has 12 heavy (non-hydrogen) atoms. The maximum absolute atomic E-state index is 5.72. The fourth-order valence-electron chi connectivity index (χ4n) is 1.06. The van der Waals surface area contributed by atoms with Crippen molar-refractivity contribution in [2.45, 2.75) is 20.3 Å². The number of rotatable bonds is 2. The van der Waals surface area contributed by atoms with E-state index in [1.165, 1.54) is 5.56 Å². The maximum atomic E-state index is 5.72. The van der Waals surface area contributed by atoms with Crippen LogP contribution in [0.4, 0.5) is 11.4 Å². The van der Waals surface area contributed by atoms with Crippen molar-refractivity contribution in [2.24, 2.45) is 4.99 Å². The lowest BCUT2D eigenvalue weighted by Gasteiger charge is -2.01. The largest absolute Gasteiger partial charge is 0.397 e. The molecule has 2 N–H and O–H groups in total. The third-order valence-corrected chi connectivity index (χ3v) is 1.77. The van der Waals surface area contributed by atoms with Crippen LogP contribution in [-0.2, 0) is 6.42 Å². The molecule has 0 unspecified atom stereocenters. The SMILES string of the molecule is CC=Nc1cc(CC)ccc1N. The third-order valence-electron chi connectivity index (χ3n) is 1.77. The number of anilines is 1. The molecule has 0 aliphatic carbocycles. The van der Waals surface area contributed by atoms with Gasteiger partial charge in [0.15, 0.2) is 0 Å². The fraction of sp³-hybridized carbons (Fsp3) is 0.300. The van der Waals surface area contributed by atoms with Crippen LogP contribution in [-0.4, -0.2) is 6.21 Å². The minimum atomic E-state index is 0.741. The molecule has 0 radical (unpaired) electrons. The van der Waals surface area contributed by atoms with Crippen LogP contribution < -0.4 is 5.73 Å². The first kappa shape index (κ1) is 8.78. The van der Waals surface area contributed by atoms with E-state index >= 15 is 0 Å². The molecule has 1 aromatic rings. The highest BCUT2D eigenvalue weighted by Gasteiger charge is 1.96. The Kier molecular flexibility index (Phi) is 2.86. The first-order chi connectivity index (χ1) is 5.77. The predicted octanol–water partition coefficient (Wildman–Crippen LogP) is 2.55. The molecule has 64 valence electrons. The molecule has 0 saturated carbocycles. The zero-order valence-corrected chi connectivity index (χ0v) is 7.54.